The molecule has 31 heavy (non-hydrogen) atoms. The molecule has 0 fully saturated rings. The molecule has 2 aromatic carbocycles. The van der Waals surface area contributed by atoms with Gasteiger partial charge in [-0.3, -0.25) is 9.36 Å². The smallest absolute Gasteiger partial charge is 0.327 e. The van der Waals surface area contributed by atoms with E-state index in [1.54, 1.807) is 12.1 Å². The van der Waals surface area contributed by atoms with Gasteiger partial charge in [0.05, 0.1) is 0 Å². The number of H-pyrrole nitrogens is 1. The second-order valence-corrected chi connectivity index (χ2v) is 7.74. The number of nitrogens with one attached hydrogen (secondary N) is 1. The summed E-state index contributed by atoms with van der Waals surface area (Å²) in [7, 11) is 0. The summed E-state index contributed by atoms with van der Waals surface area (Å²) in [5.74, 6) is -0.0825. The molecule has 158 valence electrons. The molecule has 0 aliphatic carbocycles. The summed E-state index contributed by atoms with van der Waals surface area (Å²) in [6.07, 6.45) is 0.614. The molecule has 0 unspecified atom stereocenters. The van der Waals surface area contributed by atoms with E-state index >= 15 is 0 Å². The molecule has 0 bridgehead atoms. The minimum Gasteiger partial charge on any atom is -0.508 e. The van der Waals surface area contributed by atoms with Crippen molar-refractivity contribution in [2.75, 3.05) is 0 Å². The molecule has 1 amide bonds. The highest BCUT2D eigenvalue weighted by Crippen LogP contribution is 2.23. The molecular formula is C23H23N5O3. The number of benzene rings is 2. The van der Waals surface area contributed by atoms with E-state index < -0.39 is 11.6 Å². The Balaban J connectivity index is 1.75. The third-order valence-electron chi connectivity index (χ3n) is 5.23. The topological polar surface area (TPSA) is 127 Å². The number of hydrogen-bond donors (Lipinski definition) is 3. The monoisotopic (exact) mass is 417 g/mol. The third-order valence-corrected chi connectivity index (χ3v) is 5.23. The van der Waals surface area contributed by atoms with Crippen LogP contribution in [-0.4, -0.2) is 30.5 Å². The lowest BCUT2D eigenvalue weighted by molar-refractivity contribution is 0.0997. The van der Waals surface area contributed by atoms with Crippen LogP contribution in [0.1, 0.15) is 41.4 Å². The molecule has 8 heteroatoms. The predicted octanol–water partition coefficient (Wildman–Crippen LogP) is 2.96. The van der Waals surface area contributed by atoms with Crippen LogP contribution in [0.2, 0.25) is 0 Å². The number of carbonyl (C=O) groups is 1. The number of nitrogens with two attached hydrogens (primary N) is 1. The van der Waals surface area contributed by atoms with E-state index in [1.807, 2.05) is 0 Å². The van der Waals surface area contributed by atoms with E-state index in [0.717, 1.165) is 5.56 Å². The van der Waals surface area contributed by atoms with Gasteiger partial charge >= 0.3 is 5.69 Å². The van der Waals surface area contributed by atoms with Crippen LogP contribution in [-0.2, 0) is 13.0 Å². The molecule has 0 spiro atoms. The summed E-state index contributed by atoms with van der Waals surface area (Å²) in [5.41, 5.74) is 8.40. The molecule has 0 radical (unpaired) electrons. The zero-order chi connectivity index (χ0) is 22.1. The van der Waals surface area contributed by atoms with Crippen LogP contribution in [0.25, 0.3) is 22.6 Å². The Kier molecular flexibility index (Phi) is 5.29. The number of aromatic hydroxyl groups is 1. The molecule has 4 rings (SSSR count). The van der Waals surface area contributed by atoms with Gasteiger partial charge in [-0.2, -0.15) is 0 Å². The van der Waals surface area contributed by atoms with Crippen molar-refractivity contribution >= 4 is 17.1 Å². The van der Waals surface area contributed by atoms with Crippen LogP contribution in [0.5, 0.6) is 5.75 Å². The van der Waals surface area contributed by atoms with Crippen LogP contribution < -0.4 is 11.4 Å². The Bertz CT molecular complexity index is 1320. The molecule has 0 saturated heterocycles. The SMILES string of the molecule is CC(C)c1ccc(CCn2c(=O)[nH]c3c(C(N)=O)nc(-c4cccc(O)c4)nc32)cc1. The number of phenolic OH excluding ortho intramolecular Hbond substituents is 1. The number of nitrogens with zero attached hydrogens (tertiary/aromatic N) is 3. The molecule has 2 heterocycles. The van der Waals surface area contributed by atoms with Crippen molar-refractivity contribution in [2.24, 2.45) is 5.73 Å². The first-order valence-corrected chi connectivity index (χ1v) is 10.0. The molecule has 4 N–H and O–H groups in total. The number of amides is 1. The summed E-state index contributed by atoms with van der Waals surface area (Å²) >= 11 is 0. The highest BCUT2D eigenvalue weighted by Gasteiger charge is 2.19. The molecular weight excluding hydrogens is 394 g/mol. The van der Waals surface area contributed by atoms with Crippen LogP contribution >= 0.6 is 0 Å². The number of rotatable bonds is 6. The second-order valence-electron chi connectivity index (χ2n) is 7.74. The summed E-state index contributed by atoms with van der Waals surface area (Å²) < 4.78 is 1.48. The van der Waals surface area contributed by atoms with Crippen molar-refractivity contribution in [2.45, 2.75) is 32.7 Å². The number of imidazole rings is 1. The fourth-order valence-electron chi connectivity index (χ4n) is 3.50. The first-order chi connectivity index (χ1) is 14.8. The van der Waals surface area contributed by atoms with Crippen LogP contribution in [0.3, 0.4) is 0 Å². The summed E-state index contributed by atoms with van der Waals surface area (Å²) in [6, 6.07) is 14.6. The van der Waals surface area contributed by atoms with Crippen molar-refractivity contribution in [1.82, 2.24) is 19.5 Å². The maximum Gasteiger partial charge on any atom is 0.327 e. The maximum absolute atomic E-state index is 12.6. The molecule has 0 aliphatic heterocycles. The van der Waals surface area contributed by atoms with Gasteiger partial charge in [0.15, 0.2) is 17.2 Å². The maximum atomic E-state index is 12.6. The summed E-state index contributed by atoms with van der Waals surface area (Å²) in [6.45, 7) is 4.65. The first-order valence-electron chi connectivity index (χ1n) is 10.0. The van der Waals surface area contributed by atoms with E-state index in [-0.39, 0.29) is 22.8 Å². The zero-order valence-corrected chi connectivity index (χ0v) is 17.3. The standard InChI is InChI=1S/C23H23N5O3/c1-13(2)15-8-6-14(7-9-15)10-11-28-22-19(26-23(28)31)18(20(24)30)25-21(27-22)16-4-3-5-17(29)12-16/h3-9,12-13,29H,10-11H2,1-2H3,(H2,24,30)(H,26,31). The largest absolute Gasteiger partial charge is 0.508 e. The molecule has 0 atom stereocenters. The van der Waals surface area contributed by atoms with Gasteiger partial charge in [-0.15, -0.1) is 0 Å². The summed E-state index contributed by atoms with van der Waals surface area (Å²) in [5, 5.41) is 9.78. The quantitative estimate of drug-likeness (QED) is 0.444. The fraction of sp³-hybridized carbons (Fsp3) is 0.217. The molecule has 2 aromatic heterocycles. The number of phenols is 1. The van der Waals surface area contributed by atoms with Crippen LogP contribution in [0, 0.1) is 0 Å². The molecule has 0 saturated carbocycles. The average molecular weight is 417 g/mol. The lowest BCUT2D eigenvalue weighted by atomic mass is 10.0. The Hall–Kier alpha value is -3.94. The third kappa shape index (κ3) is 4.05. The Morgan fingerprint density at radius 3 is 2.55 bits per heavy atom. The number of aromatic nitrogens is 4. The number of aromatic amines is 1. The summed E-state index contributed by atoms with van der Waals surface area (Å²) in [4.78, 5) is 36.0. The van der Waals surface area contributed by atoms with Gasteiger partial charge in [0, 0.05) is 12.1 Å². The van der Waals surface area contributed by atoms with E-state index in [4.69, 9.17) is 5.73 Å². The number of aryl methyl sites for hydroxylation is 2. The highest BCUT2D eigenvalue weighted by molar-refractivity contribution is 6.01. The lowest BCUT2D eigenvalue weighted by Crippen LogP contribution is -2.18. The van der Waals surface area contributed by atoms with E-state index in [1.165, 1.54) is 22.3 Å². The van der Waals surface area contributed by atoms with Crippen molar-refractivity contribution in [3.63, 3.8) is 0 Å². The molecule has 4 aromatic rings. The predicted molar refractivity (Wildman–Crippen MR) is 118 cm³/mol. The molecule has 8 nitrogen and oxygen atoms in total. The minimum atomic E-state index is -0.772. The second kappa shape index (κ2) is 8.06. The van der Waals surface area contributed by atoms with E-state index in [0.29, 0.717) is 30.1 Å². The van der Waals surface area contributed by atoms with Gasteiger partial charge in [-0.25, -0.2) is 14.8 Å². The Morgan fingerprint density at radius 2 is 1.90 bits per heavy atom. The van der Waals surface area contributed by atoms with Crippen LogP contribution in [0.4, 0.5) is 0 Å². The molecule has 0 aliphatic rings. The zero-order valence-electron chi connectivity index (χ0n) is 17.3. The number of primary amides is 1. The van der Waals surface area contributed by atoms with Gasteiger partial charge in [-0.1, -0.05) is 50.2 Å². The fourth-order valence-corrected chi connectivity index (χ4v) is 3.50. The van der Waals surface area contributed by atoms with Gasteiger partial charge in [0.1, 0.15) is 11.3 Å². The lowest BCUT2D eigenvalue weighted by Gasteiger charge is -2.08. The van der Waals surface area contributed by atoms with Crippen molar-refractivity contribution in [1.29, 1.82) is 0 Å². The van der Waals surface area contributed by atoms with Gasteiger partial charge in [-0.05, 0) is 35.6 Å². The number of hydrogen-bond acceptors (Lipinski definition) is 5. The Labute approximate surface area is 178 Å². The highest BCUT2D eigenvalue weighted by atomic mass is 16.3. The van der Waals surface area contributed by atoms with E-state index in [2.05, 4.69) is 53.1 Å². The number of carbonyl (C=O) groups excluding carboxylic acids is 1. The normalized spacial score (nSPS) is 11.3. The average Bonchev–Trinajstić information content (AvgIpc) is 3.06. The van der Waals surface area contributed by atoms with Gasteiger partial charge in [0.25, 0.3) is 5.91 Å². The Morgan fingerprint density at radius 1 is 1.16 bits per heavy atom. The van der Waals surface area contributed by atoms with Crippen molar-refractivity contribution in [3.8, 4) is 17.1 Å². The van der Waals surface area contributed by atoms with Gasteiger partial charge in [0.2, 0.25) is 0 Å². The van der Waals surface area contributed by atoms with Crippen LogP contribution in [0.15, 0.2) is 53.3 Å². The first kappa shape index (κ1) is 20.3. The number of fused-ring (bicyclic) bond motifs is 1. The minimum absolute atomic E-state index is 0.0399. The van der Waals surface area contributed by atoms with Crippen molar-refractivity contribution in [3.05, 3.63) is 75.8 Å². The van der Waals surface area contributed by atoms with E-state index in [9.17, 15) is 14.7 Å². The van der Waals surface area contributed by atoms with Gasteiger partial charge < -0.3 is 15.8 Å². The van der Waals surface area contributed by atoms with Crippen molar-refractivity contribution < 1.29 is 9.90 Å².